The van der Waals surface area contributed by atoms with Gasteiger partial charge in [-0.25, -0.2) is 0 Å². The second-order valence-electron chi connectivity index (χ2n) is 6.23. The molecule has 21 heavy (non-hydrogen) atoms. The molecule has 2 rings (SSSR count). The van der Waals surface area contributed by atoms with Crippen molar-refractivity contribution < 1.29 is 9.53 Å². The quantitative estimate of drug-likeness (QED) is 0.895. The molecule has 0 bridgehead atoms. The molecule has 1 aromatic carbocycles. The van der Waals surface area contributed by atoms with Crippen LogP contribution < -0.4 is 15.4 Å². The van der Waals surface area contributed by atoms with E-state index in [4.69, 9.17) is 10.5 Å². The highest BCUT2D eigenvalue weighted by molar-refractivity contribution is 6.02. The van der Waals surface area contributed by atoms with Gasteiger partial charge in [-0.05, 0) is 58.6 Å². The molecule has 1 heterocycles. The lowest BCUT2D eigenvalue weighted by Gasteiger charge is -2.39. The predicted molar refractivity (Wildman–Crippen MR) is 84.6 cm³/mol. The van der Waals surface area contributed by atoms with Crippen LogP contribution in [0.1, 0.15) is 25.8 Å². The fraction of sp³-hybridized carbons (Fsp3) is 0.562. The Balaban J connectivity index is 2.30. The molecular weight excluding hydrogens is 266 g/mol. The summed E-state index contributed by atoms with van der Waals surface area (Å²) in [4.78, 5) is 16.6. The first-order chi connectivity index (χ1) is 9.85. The molecule has 0 unspecified atom stereocenters. The van der Waals surface area contributed by atoms with Gasteiger partial charge in [0.15, 0.2) is 5.60 Å². The van der Waals surface area contributed by atoms with Gasteiger partial charge in [0.2, 0.25) is 0 Å². The molecule has 5 nitrogen and oxygen atoms in total. The molecule has 0 radical (unpaired) electrons. The third-order valence-electron chi connectivity index (χ3n) is 3.66. The Morgan fingerprint density at radius 3 is 2.67 bits per heavy atom. The smallest absolute Gasteiger partial charge is 0.270 e. The number of benzene rings is 1. The molecule has 2 N–H and O–H groups in total. The Morgan fingerprint density at radius 1 is 1.33 bits per heavy atom. The number of nitrogens with two attached hydrogens (primary N) is 1. The zero-order chi connectivity index (χ0) is 15.6. The number of hydrogen-bond donors (Lipinski definition) is 1. The SMILES string of the molecule is CN(C)CCCN1C(=O)C(C)(C)Oc2ccc(CN)cc21. The Hall–Kier alpha value is -1.59. The van der Waals surface area contributed by atoms with Gasteiger partial charge in [-0.3, -0.25) is 4.79 Å². The number of ether oxygens (including phenoxy) is 1. The van der Waals surface area contributed by atoms with E-state index in [1.54, 1.807) is 0 Å². The number of hydrogen-bond acceptors (Lipinski definition) is 4. The van der Waals surface area contributed by atoms with Gasteiger partial charge in [0.25, 0.3) is 5.91 Å². The third kappa shape index (κ3) is 3.36. The summed E-state index contributed by atoms with van der Waals surface area (Å²) < 4.78 is 5.85. The molecule has 1 aliphatic heterocycles. The van der Waals surface area contributed by atoms with E-state index < -0.39 is 5.60 Å². The maximum Gasteiger partial charge on any atom is 0.270 e. The highest BCUT2D eigenvalue weighted by Crippen LogP contribution is 2.38. The van der Waals surface area contributed by atoms with E-state index in [-0.39, 0.29) is 5.91 Å². The summed E-state index contributed by atoms with van der Waals surface area (Å²) in [5.41, 5.74) is 6.72. The van der Waals surface area contributed by atoms with Gasteiger partial charge in [-0.15, -0.1) is 0 Å². The molecule has 0 atom stereocenters. The third-order valence-corrected chi connectivity index (χ3v) is 3.66. The van der Waals surface area contributed by atoms with E-state index in [1.807, 2.05) is 51.0 Å². The van der Waals surface area contributed by atoms with Crippen LogP contribution in [0.15, 0.2) is 18.2 Å². The molecule has 5 heteroatoms. The molecular formula is C16H25N3O2. The zero-order valence-corrected chi connectivity index (χ0v) is 13.3. The lowest BCUT2D eigenvalue weighted by atomic mass is 10.0. The lowest BCUT2D eigenvalue weighted by molar-refractivity contribution is -0.132. The summed E-state index contributed by atoms with van der Waals surface area (Å²) in [6.45, 7) is 5.71. The Kier molecular flexibility index (Phi) is 4.54. The zero-order valence-electron chi connectivity index (χ0n) is 13.3. The highest BCUT2D eigenvalue weighted by Gasteiger charge is 2.40. The molecule has 0 saturated carbocycles. The molecule has 0 fully saturated rings. The first-order valence-electron chi connectivity index (χ1n) is 7.34. The van der Waals surface area contributed by atoms with Crippen LogP contribution in [0, 0.1) is 0 Å². The number of nitrogens with zero attached hydrogens (tertiary/aromatic N) is 2. The minimum atomic E-state index is -0.824. The normalized spacial score (nSPS) is 16.9. The summed E-state index contributed by atoms with van der Waals surface area (Å²) in [7, 11) is 4.07. The van der Waals surface area contributed by atoms with E-state index in [2.05, 4.69) is 4.90 Å². The lowest BCUT2D eigenvalue weighted by Crippen LogP contribution is -2.53. The van der Waals surface area contributed by atoms with Crippen molar-refractivity contribution in [2.75, 3.05) is 32.1 Å². The number of carbonyl (C=O) groups is 1. The van der Waals surface area contributed by atoms with Crippen molar-refractivity contribution in [3.05, 3.63) is 23.8 Å². The van der Waals surface area contributed by atoms with Crippen LogP contribution in [-0.4, -0.2) is 43.6 Å². The van der Waals surface area contributed by atoms with Crippen LogP contribution in [0.3, 0.4) is 0 Å². The molecule has 1 amide bonds. The molecule has 116 valence electrons. The van der Waals surface area contributed by atoms with Gasteiger partial charge in [0.1, 0.15) is 5.75 Å². The minimum absolute atomic E-state index is 0.00271. The van der Waals surface area contributed by atoms with Crippen molar-refractivity contribution in [3.8, 4) is 5.75 Å². The summed E-state index contributed by atoms with van der Waals surface area (Å²) in [5, 5.41) is 0. The van der Waals surface area contributed by atoms with E-state index in [1.165, 1.54) is 0 Å². The Bertz CT molecular complexity index is 526. The summed E-state index contributed by atoms with van der Waals surface area (Å²) in [5.74, 6) is 0.754. The fourth-order valence-corrected chi connectivity index (χ4v) is 2.51. The van der Waals surface area contributed by atoms with Gasteiger partial charge < -0.3 is 20.3 Å². The van der Waals surface area contributed by atoms with Crippen LogP contribution >= 0.6 is 0 Å². The second kappa shape index (κ2) is 6.03. The van der Waals surface area contributed by atoms with Gasteiger partial charge in [0.05, 0.1) is 5.69 Å². The molecule has 0 aliphatic carbocycles. The van der Waals surface area contributed by atoms with Crippen LogP contribution in [0.25, 0.3) is 0 Å². The first kappa shape index (κ1) is 15.8. The molecule has 1 aliphatic rings. The molecule has 0 aromatic heterocycles. The molecule has 1 aromatic rings. The number of carbonyl (C=O) groups excluding carboxylic acids is 1. The van der Waals surface area contributed by atoms with Crippen LogP contribution in [0.4, 0.5) is 5.69 Å². The summed E-state index contributed by atoms with van der Waals surface area (Å²) in [6, 6.07) is 5.81. The van der Waals surface area contributed by atoms with Crippen molar-refractivity contribution in [1.29, 1.82) is 0 Å². The topological polar surface area (TPSA) is 58.8 Å². The van der Waals surface area contributed by atoms with Gasteiger partial charge in [-0.2, -0.15) is 0 Å². The standard InChI is InChI=1S/C16H25N3O2/c1-16(2)15(20)19(9-5-8-18(3)4)13-10-12(11-17)6-7-14(13)21-16/h6-7,10H,5,8-9,11,17H2,1-4H3. The van der Waals surface area contributed by atoms with E-state index in [9.17, 15) is 4.79 Å². The Morgan fingerprint density at radius 2 is 2.05 bits per heavy atom. The number of anilines is 1. The van der Waals surface area contributed by atoms with Crippen molar-refractivity contribution in [2.24, 2.45) is 5.73 Å². The van der Waals surface area contributed by atoms with Crippen LogP contribution in [0.2, 0.25) is 0 Å². The second-order valence-corrected chi connectivity index (χ2v) is 6.23. The fourth-order valence-electron chi connectivity index (χ4n) is 2.51. The largest absolute Gasteiger partial charge is 0.476 e. The Labute approximate surface area is 126 Å². The maximum atomic E-state index is 12.6. The predicted octanol–water partition coefficient (Wildman–Crippen LogP) is 1.60. The van der Waals surface area contributed by atoms with Crippen molar-refractivity contribution in [2.45, 2.75) is 32.4 Å². The average Bonchev–Trinajstić information content (AvgIpc) is 2.42. The van der Waals surface area contributed by atoms with E-state index >= 15 is 0 Å². The van der Waals surface area contributed by atoms with Crippen molar-refractivity contribution in [3.63, 3.8) is 0 Å². The van der Waals surface area contributed by atoms with Crippen LogP contribution in [0.5, 0.6) is 5.75 Å². The summed E-state index contributed by atoms with van der Waals surface area (Å²) in [6.07, 6.45) is 0.918. The van der Waals surface area contributed by atoms with E-state index in [0.29, 0.717) is 13.1 Å². The maximum absolute atomic E-state index is 12.6. The van der Waals surface area contributed by atoms with Crippen molar-refractivity contribution in [1.82, 2.24) is 4.90 Å². The number of rotatable bonds is 5. The molecule has 0 spiro atoms. The number of amides is 1. The van der Waals surface area contributed by atoms with Gasteiger partial charge in [0, 0.05) is 13.1 Å². The first-order valence-corrected chi connectivity index (χ1v) is 7.34. The number of fused-ring (bicyclic) bond motifs is 1. The molecule has 0 saturated heterocycles. The van der Waals surface area contributed by atoms with Crippen LogP contribution in [-0.2, 0) is 11.3 Å². The highest BCUT2D eigenvalue weighted by atomic mass is 16.5. The monoisotopic (exact) mass is 291 g/mol. The van der Waals surface area contributed by atoms with E-state index in [0.717, 1.165) is 30.0 Å². The summed E-state index contributed by atoms with van der Waals surface area (Å²) >= 11 is 0. The van der Waals surface area contributed by atoms with Crippen molar-refractivity contribution >= 4 is 11.6 Å². The minimum Gasteiger partial charge on any atom is -0.476 e. The average molecular weight is 291 g/mol. The van der Waals surface area contributed by atoms with Gasteiger partial charge in [-0.1, -0.05) is 6.07 Å². The van der Waals surface area contributed by atoms with Gasteiger partial charge >= 0.3 is 0 Å².